The SMILES string of the molecule is C=CC(=C)[C@@H]1C[C@@H](OC(=O)CCl)[C@]2(C)[C@H](C)CC[C@]3(C[C@H](O)[C@]4(C)O[C@@]324)[C@H]1C. The van der Waals surface area contributed by atoms with Gasteiger partial charge in [0.25, 0.3) is 0 Å². The van der Waals surface area contributed by atoms with Crippen LogP contribution in [0.2, 0.25) is 0 Å². The Morgan fingerprint density at radius 2 is 2.07 bits per heavy atom. The minimum Gasteiger partial charge on any atom is -0.461 e. The summed E-state index contributed by atoms with van der Waals surface area (Å²) in [7, 11) is 0. The second-order valence-corrected chi connectivity index (χ2v) is 10.3. The third-order valence-electron chi connectivity index (χ3n) is 9.46. The van der Waals surface area contributed by atoms with Crippen LogP contribution in [0.5, 0.6) is 0 Å². The lowest BCUT2D eigenvalue weighted by atomic mass is 9.47. The zero-order valence-electron chi connectivity index (χ0n) is 17.5. The lowest BCUT2D eigenvalue weighted by molar-refractivity contribution is -0.177. The molecule has 1 N–H and O–H groups in total. The molecule has 5 heteroatoms. The molecule has 0 unspecified atom stereocenters. The van der Waals surface area contributed by atoms with E-state index in [0.29, 0.717) is 12.3 Å². The van der Waals surface area contributed by atoms with Gasteiger partial charge >= 0.3 is 5.97 Å². The lowest BCUT2D eigenvalue weighted by Crippen LogP contribution is -2.62. The van der Waals surface area contributed by atoms with Crippen molar-refractivity contribution in [3.8, 4) is 0 Å². The van der Waals surface area contributed by atoms with Gasteiger partial charge in [-0.2, -0.15) is 0 Å². The number of rotatable bonds is 4. The van der Waals surface area contributed by atoms with Crippen molar-refractivity contribution < 1.29 is 19.4 Å². The van der Waals surface area contributed by atoms with Crippen LogP contribution in [0.4, 0.5) is 0 Å². The van der Waals surface area contributed by atoms with Crippen molar-refractivity contribution in [2.24, 2.45) is 28.6 Å². The zero-order chi connectivity index (χ0) is 20.7. The number of halogens is 1. The molecule has 0 aromatic rings. The molecule has 1 heterocycles. The van der Waals surface area contributed by atoms with Gasteiger partial charge in [0.15, 0.2) is 0 Å². The lowest BCUT2D eigenvalue weighted by Gasteiger charge is -2.56. The van der Waals surface area contributed by atoms with Crippen molar-refractivity contribution in [1.82, 2.24) is 0 Å². The monoisotopic (exact) mass is 408 g/mol. The Bertz CT molecular complexity index is 736. The van der Waals surface area contributed by atoms with Crippen LogP contribution in [0, 0.1) is 28.6 Å². The van der Waals surface area contributed by atoms with Gasteiger partial charge in [0.1, 0.15) is 23.2 Å². The molecule has 3 aliphatic carbocycles. The number of hydrogen-bond donors (Lipinski definition) is 1. The Morgan fingerprint density at radius 1 is 1.39 bits per heavy atom. The molecular weight excluding hydrogens is 376 g/mol. The number of carbonyl (C=O) groups excluding carboxylic acids is 1. The topological polar surface area (TPSA) is 59.1 Å². The first-order chi connectivity index (χ1) is 13.1. The van der Waals surface area contributed by atoms with Gasteiger partial charge in [-0.1, -0.05) is 45.6 Å². The van der Waals surface area contributed by atoms with Gasteiger partial charge in [0.2, 0.25) is 0 Å². The van der Waals surface area contributed by atoms with E-state index in [0.717, 1.165) is 24.8 Å². The summed E-state index contributed by atoms with van der Waals surface area (Å²) >= 11 is 5.81. The third kappa shape index (κ3) is 2.03. The summed E-state index contributed by atoms with van der Waals surface area (Å²) < 4.78 is 12.6. The maximum absolute atomic E-state index is 12.3. The van der Waals surface area contributed by atoms with Gasteiger partial charge in [-0.05, 0) is 50.4 Å². The molecule has 2 bridgehead atoms. The van der Waals surface area contributed by atoms with Crippen LogP contribution >= 0.6 is 11.6 Å². The van der Waals surface area contributed by atoms with E-state index in [1.165, 1.54) is 0 Å². The Balaban J connectivity index is 1.93. The third-order valence-corrected chi connectivity index (χ3v) is 9.67. The number of carbonyl (C=O) groups is 1. The molecule has 1 spiro atoms. The van der Waals surface area contributed by atoms with E-state index in [4.69, 9.17) is 21.1 Å². The molecule has 9 atom stereocenters. The average molecular weight is 409 g/mol. The Hall–Kier alpha value is -0.840. The van der Waals surface area contributed by atoms with Crippen LogP contribution < -0.4 is 0 Å². The van der Waals surface area contributed by atoms with E-state index in [2.05, 4.69) is 33.9 Å². The Morgan fingerprint density at radius 3 is 2.64 bits per heavy atom. The molecule has 1 aliphatic heterocycles. The zero-order valence-corrected chi connectivity index (χ0v) is 18.2. The fourth-order valence-electron chi connectivity index (χ4n) is 7.78. The second-order valence-electron chi connectivity index (χ2n) is 10.0. The fraction of sp³-hybridized carbons (Fsp3) is 0.783. The first-order valence-electron chi connectivity index (χ1n) is 10.5. The highest BCUT2D eigenvalue weighted by Crippen LogP contribution is 2.83. The summed E-state index contributed by atoms with van der Waals surface area (Å²) in [6.45, 7) is 17.0. The largest absolute Gasteiger partial charge is 0.461 e. The minimum atomic E-state index is -0.597. The quantitative estimate of drug-likeness (QED) is 0.327. The molecule has 0 aromatic carbocycles. The highest BCUT2D eigenvalue weighted by molar-refractivity contribution is 6.26. The second kappa shape index (κ2) is 6.09. The normalized spacial score (nSPS) is 54.1. The van der Waals surface area contributed by atoms with Crippen molar-refractivity contribution >= 4 is 17.6 Å². The number of epoxide rings is 1. The molecule has 0 amide bonds. The smallest absolute Gasteiger partial charge is 0.321 e. The van der Waals surface area contributed by atoms with Crippen molar-refractivity contribution in [2.45, 2.75) is 76.8 Å². The molecule has 3 saturated carbocycles. The van der Waals surface area contributed by atoms with Gasteiger partial charge in [-0.25, -0.2) is 0 Å². The molecule has 4 fully saturated rings. The van der Waals surface area contributed by atoms with Gasteiger partial charge in [0, 0.05) is 10.8 Å². The van der Waals surface area contributed by atoms with E-state index in [-0.39, 0.29) is 29.2 Å². The number of esters is 1. The van der Waals surface area contributed by atoms with Gasteiger partial charge in [-0.3, -0.25) is 4.79 Å². The summed E-state index contributed by atoms with van der Waals surface area (Å²) in [5.41, 5.74) is -0.695. The molecule has 4 aliphatic rings. The number of hydrogen-bond acceptors (Lipinski definition) is 4. The Labute approximate surface area is 173 Å². The Kier molecular flexibility index (Phi) is 4.44. The van der Waals surface area contributed by atoms with E-state index in [9.17, 15) is 9.90 Å². The van der Waals surface area contributed by atoms with Crippen LogP contribution in [0.3, 0.4) is 0 Å². The summed E-state index contributed by atoms with van der Waals surface area (Å²) in [6.07, 6.45) is 4.42. The van der Waals surface area contributed by atoms with Crippen molar-refractivity contribution in [3.63, 3.8) is 0 Å². The van der Waals surface area contributed by atoms with Gasteiger partial charge < -0.3 is 14.6 Å². The van der Waals surface area contributed by atoms with Crippen molar-refractivity contribution in [1.29, 1.82) is 0 Å². The molecule has 1 saturated heterocycles. The van der Waals surface area contributed by atoms with Crippen LogP contribution in [0.25, 0.3) is 0 Å². The summed E-state index contributed by atoms with van der Waals surface area (Å²) in [6, 6.07) is 0. The number of aliphatic hydroxyl groups is 1. The summed E-state index contributed by atoms with van der Waals surface area (Å²) in [5, 5.41) is 11.1. The standard InChI is InChI=1S/C23H33ClO4/c1-7-13(2)16-10-18(27-19(26)12-24)20(5)14(3)8-9-22(15(16)4)11-17(25)21(6)23(20,22)28-21/h7,14-18,25H,1-2,8-12H2,3-6H3/t14-,15+,16+,17+,18-,20+,21+,22+,23+/m1/s1. The van der Waals surface area contributed by atoms with E-state index in [1.807, 2.05) is 13.0 Å². The molecule has 0 radical (unpaired) electrons. The fourth-order valence-corrected chi connectivity index (χ4v) is 7.85. The minimum absolute atomic E-state index is 0.119. The molecule has 4 rings (SSSR count). The first-order valence-corrected chi connectivity index (χ1v) is 11.0. The van der Waals surface area contributed by atoms with E-state index in [1.54, 1.807) is 0 Å². The van der Waals surface area contributed by atoms with Crippen LogP contribution in [-0.4, -0.2) is 40.4 Å². The van der Waals surface area contributed by atoms with Crippen LogP contribution in [0.15, 0.2) is 24.8 Å². The molecule has 156 valence electrons. The highest BCUT2D eigenvalue weighted by atomic mass is 35.5. The predicted octanol–water partition coefficient (Wildman–Crippen LogP) is 4.25. The maximum atomic E-state index is 12.3. The van der Waals surface area contributed by atoms with Gasteiger partial charge in [0.05, 0.1) is 6.10 Å². The van der Waals surface area contributed by atoms with E-state index < -0.39 is 28.7 Å². The highest BCUT2D eigenvalue weighted by Gasteiger charge is 2.92. The average Bonchev–Trinajstić information content (AvgIpc) is 3.28. The number of alkyl halides is 1. The van der Waals surface area contributed by atoms with Crippen LogP contribution in [0.1, 0.15) is 53.4 Å². The molecule has 4 nitrogen and oxygen atoms in total. The molecule has 0 aromatic heterocycles. The molecular formula is C23H33ClO4. The molecule has 28 heavy (non-hydrogen) atoms. The summed E-state index contributed by atoms with van der Waals surface area (Å²) in [4.78, 5) is 12.3. The number of ether oxygens (including phenoxy) is 2. The van der Waals surface area contributed by atoms with E-state index >= 15 is 0 Å². The first kappa shape index (κ1) is 20.4. The number of allylic oxidation sites excluding steroid dienone is 2. The van der Waals surface area contributed by atoms with Crippen molar-refractivity contribution in [3.05, 3.63) is 24.8 Å². The van der Waals surface area contributed by atoms with Gasteiger partial charge in [-0.15, -0.1) is 11.6 Å². The van der Waals surface area contributed by atoms with Crippen molar-refractivity contribution in [2.75, 3.05) is 5.88 Å². The number of aliphatic hydroxyl groups excluding tert-OH is 1. The predicted molar refractivity (Wildman–Crippen MR) is 109 cm³/mol. The maximum Gasteiger partial charge on any atom is 0.321 e. The summed E-state index contributed by atoms with van der Waals surface area (Å²) in [5.74, 6) is 0.0921. The van der Waals surface area contributed by atoms with Crippen LogP contribution in [-0.2, 0) is 14.3 Å².